The molecule has 1 aliphatic carbocycles. The number of anilines is 1. The molecule has 0 spiro atoms. The second kappa shape index (κ2) is 12.4. The molecule has 1 unspecified atom stereocenters. The average molecular weight is 485 g/mol. The molecule has 2 aromatic rings. The molecule has 190 valence electrons. The molecule has 0 N–H and O–H groups in total. The first-order valence-electron chi connectivity index (χ1n) is 13.3. The summed E-state index contributed by atoms with van der Waals surface area (Å²) >= 11 is 0. The topological polar surface area (TPSA) is 60.5 Å². The summed E-state index contributed by atoms with van der Waals surface area (Å²) in [6, 6.07) is 19.6. The highest BCUT2D eigenvalue weighted by atomic mass is 15.3. The fourth-order valence-electron chi connectivity index (χ4n) is 5.79. The quantitative estimate of drug-likeness (QED) is 0.523. The molecule has 6 nitrogen and oxygen atoms in total. The van der Waals surface area contributed by atoms with Gasteiger partial charge >= 0.3 is 0 Å². The van der Waals surface area contributed by atoms with E-state index in [1.807, 2.05) is 18.2 Å². The number of piperazine rings is 1. The van der Waals surface area contributed by atoms with Crippen molar-refractivity contribution in [2.24, 2.45) is 5.92 Å². The zero-order valence-corrected chi connectivity index (χ0v) is 22.2. The van der Waals surface area contributed by atoms with E-state index in [-0.39, 0.29) is 0 Å². The largest absolute Gasteiger partial charge is 0.373 e. The van der Waals surface area contributed by atoms with Crippen molar-refractivity contribution in [1.82, 2.24) is 14.7 Å². The summed E-state index contributed by atoms with van der Waals surface area (Å²) in [4.78, 5) is 9.63. The maximum Gasteiger partial charge on any atom is 0.0995 e. The Hall–Kier alpha value is -2.90. The van der Waals surface area contributed by atoms with Gasteiger partial charge in [-0.25, -0.2) is 0 Å². The van der Waals surface area contributed by atoms with Gasteiger partial charge in [-0.3, -0.25) is 9.80 Å². The minimum atomic E-state index is 0.436. The van der Waals surface area contributed by atoms with Gasteiger partial charge in [0.15, 0.2) is 0 Å². The highest BCUT2D eigenvalue weighted by Crippen LogP contribution is 2.40. The van der Waals surface area contributed by atoms with Crippen LogP contribution in [0.4, 0.5) is 5.69 Å². The van der Waals surface area contributed by atoms with Crippen LogP contribution in [0.2, 0.25) is 0 Å². The number of rotatable bonds is 9. The predicted octanol–water partition coefficient (Wildman–Crippen LogP) is 4.48. The van der Waals surface area contributed by atoms with Gasteiger partial charge < -0.3 is 9.80 Å². The molecule has 0 bridgehead atoms. The second-order valence-electron chi connectivity index (χ2n) is 10.7. The van der Waals surface area contributed by atoms with Crippen molar-refractivity contribution in [3.05, 3.63) is 64.7 Å². The van der Waals surface area contributed by atoms with Crippen LogP contribution in [0.15, 0.2) is 42.5 Å². The summed E-state index contributed by atoms with van der Waals surface area (Å²) in [6.07, 6.45) is 5.25. The van der Waals surface area contributed by atoms with Crippen LogP contribution >= 0.6 is 0 Å². The predicted molar refractivity (Wildman–Crippen MR) is 146 cm³/mol. The van der Waals surface area contributed by atoms with Gasteiger partial charge in [0.1, 0.15) is 0 Å². The normalized spacial score (nSPS) is 18.2. The maximum absolute atomic E-state index is 9.74. The Labute approximate surface area is 217 Å². The number of likely N-dealkylation sites (N-methyl/N-ethyl adjacent to an activating group) is 2. The number of nitrogens with zero attached hydrogens (tertiary/aromatic N) is 6. The molecule has 4 rings (SSSR count). The van der Waals surface area contributed by atoms with Gasteiger partial charge in [0.25, 0.3) is 0 Å². The van der Waals surface area contributed by atoms with Crippen molar-refractivity contribution in [2.45, 2.75) is 38.3 Å². The molecule has 1 saturated heterocycles. The molecule has 2 fully saturated rings. The molecule has 1 heterocycles. The standard InChI is InChI=1S/C30H40N6/c1-33(2)14-15-34(3)29-13-12-27(22-32)28(20-29)23-35-16-18-36(19-17-35)30(25-6-4-5-7-25)26-10-8-24(21-31)9-11-26/h8-13,20,25,30H,4-7,14-19,23H2,1-3H3. The van der Waals surface area contributed by atoms with E-state index in [0.29, 0.717) is 12.0 Å². The van der Waals surface area contributed by atoms with Gasteiger partial charge in [0, 0.05) is 64.6 Å². The third-order valence-corrected chi connectivity index (χ3v) is 7.95. The van der Waals surface area contributed by atoms with Gasteiger partial charge in [-0.1, -0.05) is 25.0 Å². The third-order valence-electron chi connectivity index (χ3n) is 7.95. The van der Waals surface area contributed by atoms with Crippen LogP contribution in [-0.4, -0.2) is 75.1 Å². The van der Waals surface area contributed by atoms with Crippen molar-refractivity contribution in [1.29, 1.82) is 10.5 Å². The van der Waals surface area contributed by atoms with Crippen molar-refractivity contribution < 1.29 is 0 Å². The molecule has 1 aliphatic heterocycles. The Bertz CT molecular complexity index is 1070. The lowest BCUT2D eigenvalue weighted by Crippen LogP contribution is -2.48. The Kier molecular flexibility index (Phi) is 8.99. The van der Waals surface area contributed by atoms with Gasteiger partial charge in [0.2, 0.25) is 0 Å². The number of hydrogen-bond donors (Lipinski definition) is 0. The molecule has 0 aromatic heterocycles. The molecular weight excluding hydrogens is 444 g/mol. The summed E-state index contributed by atoms with van der Waals surface area (Å²) in [5, 5.41) is 19.0. The highest BCUT2D eigenvalue weighted by molar-refractivity contribution is 5.53. The first-order chi connectivity index (χ1) is 17.5. The molecule has 1 saturated carbocycles. The van der Waals surface area contributed by atoms with E-state index in [1.54, 1.807) is 0 Å². The lowest BCUT2D eigenvalue weighted by atomic mass is 9.89. The Balaban J connectivity index is 1.43. The van der Waals surface area contributed by atoms with Crippen LogP contribution in [0.5, 0.6) is 0 Å². The molecule has 2 aromatic carbocycles. The summed E-state index contributed by atoms with van der Waals surface area (Å²) in [6.45, 7) is 6.84. The molecule has 36 heavy (non-hydrogen) atoms. The van der Waals surface area contributed by atoms with E-state index in [0.717, 1.165) is 62.5 Å². The van der Waals surface area contributed by atoms with Crippen molar-refractivity contribution in [3.63, 3.8) is 0 Å². The Morgan fingerprint density at radius 2 is 1.58 bits per heavy atom. The average Bonchev–Trinajstić information content (AvgIpc) is 3.43. The van der Waals surface area contributed by atoms with Crippen molar-refractivity contribution in [3.8, 4) is 12.1 Å². The van der Waals surface area contributed by atoms with Crippen LogP contribution in [0.1, 0.15) is 54.0 Å². The fourth-order valence-corrected chi connectivity index (χ4v) is 5.79. The monoisotopic (exact) mass is 484 g/mol. The third kappa shape index (κ3) is 6.45. The van der Waals surface area contributed by atoms with Crippen molar-refractivity contribution >= 4 is 5.69 Å². The van der Waals surface area contributed by atoms with E-state index in [4.69, 9.17) is 0 Å². The van der Waals surface area contributed by atoms with E-state index >= 15 is 0 Å². The molecule has 1 atom stereocenters. The SMILES string of the molecule is CN(C)CCN(C)c1ccc(C#N)c(CN2CCN(C(c3ccc(C#N)cc3)C3CCCC3)CC2)c1. The summed E-state index contributed by atoms with van der Waals surface area (Å²) in [5.74, 6) is 0.698. The Morgan fingerprint density at radius 1 is 0.889 bits per heavy atom. The number of hydrogen-bond acceptors (Lipinski definition) is 6. The summed E-state index contributed by atoms with van der Waals surface area (Å²) < 4.78 is 0. The fraction of sp³-hybridized carbons (Fsp3) is 0.533. The highest BCUT2D eigenvalue weighted by Gasteiger charge is 2.33. The molecule has 0 radical (unpaired) electrons. The van der Waals surface area contributed by atoms with Crippen LogP contribution < -0.4 is 4.90 Å². The van der Waals surface area contributed by atoms with E-state index < -0.39 is 0 Å². The number of nitriles is 2. The zero-order chi connectivity index (χ0) is 25.5. The molecule has 0 amide bonds. The minimum Gasteiger partial charge on any atom is -0.373 e. The second-order valence-corrected chi connectivity index (χ2v) is 10.7. The smallest absolute Gasteiger partial charge is 0.0995 e. The van der Waals surface area contributed by atoms with Crippen LogP contribution in [0.3, 0.4) is 0 Å². The van der Waals surface area contributed by atoms with Crippen LogP contribution in [-0.2, 0) is 6.54 Å². The maximum atomic E-state index is 9.74. The van der Waals surface area contributed by atoms with Gasteiger partial charge in [-0.05, 0) is 74.3 Å². The first kappa shape index (κ1) is 26.2. The van der Waals surface area contributed by atoms with E-state index in [9.17, 15) is 10.5 Å². The molecule has 2 aliphatic rings. The lowest BCUT2D eigenvalue weighted by Gasteiger charge is -2.42. The molecular formula is C30H40N6. The van der Waals surface area contributed by atoms with Crippen LogP contribution in [0, 0.1) is 28.6 Å². The van der Waals surface area contributed by atoms with Crippen molar-refractivity contribution in [2.75, 3.05) is 65.3 Å². The summed E-state index contributed by atoms with van der Waals surface area (Å²) in [7, 11) is 6.31. The van der Waals surface area contributed by atoms with Gasteiger partial charge in [-0.15, -0.1) is 0 Å². The van der Waals surface area contributed by atoms with E-state index in [2.05, 4.69) is 77.1 Å². The molecule has 6 heteroatoms. The Morgan fingerprint density at radius 3 is 2.19 bits per heavy atom. The summed E-state index contributed by atoms with van der Waals surface area (Å²) in [5.41, 5.74) is 5.17. The minimum absolute atomic E-state index is 0.436. The zero-order valence-electron chi connectivity index (χ0n) is 22.2. The van der Waals surface area contributed by atoms with Gasteiger partial charge in [0.05, 0.1) is 23.3 Å². The van der Waals surface area contributed by atoms with E-state index in [1.165, 1.54) is 36.9 Å². The first-order valence-corrected chi connectivity index (χ1v) is 13.3. The van der Waals surface area contributed by atoms with Gasteiger partial charge in [-0.2, -0.15) is 10.5 Å². The lowest BCUT2D eigenvalue weighted by molar-refractivity contribution is 0.0661. The van der Waals surface area contributed by atoms with Crippen LogP contribution in [0.25, 0.3) is 0 Å². The number of benzene rings is 2.